The number of fused-ring (bicyclic) bond motifs is 1. The number of hydrogen-bond acceptors (Lipinski definition) is 6. The van der Waals surface area contributed by atoms with Crippen molar-refractivity contribution in [1.82, 2.24) is 29.4 Å². The molecule has 188 valence electrons. The number of piperidine rings is 1. The first-order valence-electron chi connectivity index (χ1n) is 12.5. The van der Waals surface area contributed by atoms with E-state index < -0.39 is 0 Å². The van der Waals surface area contributed by atoms with Crippen LogP contribution in [0.4, 0.5) is 11.5 Å². The summed E-state index contributed by atoms with van der Waals surface area (Å²) in [6.07, 6.45) is 5.37. The Kier molecular flexibility index (Phi) is 6.46. The molecular weight excluding hydrogens is 496 g/mol. The van der Waals surface area contributed by atoms with E-state index in [0.29, 0.717) is 23.1 Å². The van der Waals surface area contributed by atoms with E-state index in [1.165, 1.54) is 11.9 Å². The molecule has 0 saturated carbocycles. The summed E-state index contributed by atoms with van der Waals surface area (Å²) in [6, 6.07) is 20.6. The van der Waals surface area contributed by atoms with E-state index in [1.807, 2.05) is 42.7 Å². The van der Waals surface area contributed by atoms with Crippen LogP contribution in [0.15, 0.2) is 73.3 Å². The van der Waals surface area contributed by atoms with E-state index in [4.69, 9.17) is 23.9 Å². The Morgan fingerprint density at radius 2 is 1.74 bits per heavy atom. The van der Waals surface area contributed by atoms with Gasteiger partial charge in [-0.25, -0.2) is 24.8 Å². The first kappa shape index (κ1) is 24.0. The van der Waals surface area contributed by atoms with Crippen LogP contribution in [0.3, 0.4) is 0 Å². The first-order chi connectivity index (χ1) is 18.6. The third-order valence-electron chi connectivity index (χ3n) is 7.13. The lowest BCUT2D eigenvalue weighted by Gasteiger charge is -2.32. The van der Waals surface area contributed by atoms with Gasteiger partial charge in [-0.15, -0.1) is 0 Å². The fraction of sp³-hybridized carbons (Fsp3) is 0.207. The number of halogens is 1. The number of benzene rings is 2. The van der Waals surface area contributed by atoms with Crippen LogP contribution in [-0.4, -0.2) is 42.5 Å². The van der Waals surface area contributed by atoms with Gasteiger partial charge in [-0.05, 0) is 35.6 Å². The standard InChI is InChI=1S/C29H25ClN8/c1-32-24-15-23(20-5-3-2-4-6-20)25(36-27(24)30)21-9-7-19(8-10-21)16-37-13-11-22(12-14-37)38-18-35-26-28(31)33-17-34-29(26)38/h2-10,15,17-18,22H,11-14,16H2,(H2,31,33,34). The van der Waals surface area contributed by atoms with Gasteiger partial charge in [-0.1, -0.05) is 66.2 Å². The Bertz CT molecular complexity index is 1630. The molecule has 0 unspecified atom stereocenters. The third kappa shape index (κ3) is 4.58. The monoisotopic (exact) mass is 520 g/mol. The SMILES string of the molecule is [C-]#[N+]c1cc(-c2ccccc2)c(-c2ccc(CN3CCC(n4cnc5c(N)ncnc54)CC3)cc2)nc1Cl. The van der Waals surface area contributed by atoms with Gasteiger partial charge in [0.2, 0.25) is 5.69 Å². The minimum absolute atomic E-state index is 0.224. The Morgan fingerprint density at radius 1 is 0.974 bits per heavy atom. The molecule has 0 amide bonds. The van der Waals surface area contributed by atoms with Crippen molar-refractivity contribution in [3.05, 3.63) is 95.5 Å². The number of imidazole rings is 1. The van der Waals surface area contributed by atoms with Crippen LogP contribution in [0.25, 0.3) is 38.4 Å². The average molecular weight is 521 g/mol. The number of nitrogens with zero attached hydrogens (tertiary/aromatic N) is 7. The van der Waals surface area contributed by atoms with Crippen LogP contribution >= 0.6 is 11.6 Å². The molecular formula is C29H25ClN8. The van der Waals surface area contributed by atoms with E-state index in [1.54, 1.807) is 0 Å². The largest absolute Gasteiger partial charge is 0.382 e. The topological polar surface area (TPSA) is 90.1 Å². The van der Waals surface area contributed by atoms with Crippen LogP contribution in [-0.2, 0) is 6.54 Å². The summed E-state index contributed by atoms with van der Waals surface area (Å²) in [5, 5.41) is 0.224. The Morgan fingerprint density at radius 3 is 2.47 bits per heavy atom. The van der Waals surface area contributed by atoms with E-state index in [-0.39, 0.29) is 5.15 Å². The second-order valence-corrected chi connectivity index (χ2v) is 9.82. The number of anilines is 1. The molecule has 0 aliphatic carbocycles. The molecule has 38 heavy (non-hydrogen) atoms. The van der Waals surface area contributed by atoms with E-state index in [0.717, 1.165) is 60.5 Å². The highest BCUT2D eigenvalue weighted by Crippen LogP contribution is 2.37. The van der Waals surface area contributed by atoms with Crippen LogP contribution < -0.4 is 5.73 Å². The quantitative estimate of drug-likeness (QED) is 0.220. The molecule has 1 fully saturated rings. The summed E-state index contributed by atoms with van der Waals surface area (Å²) in [4.78, 5) is 23.5. The lowest BCUT2D eigenvalue weighted by atomic mass is 9.98. The van der Waals surface area contributed by atoms with Gasteiger partial charge >= 0.3 is 0 Å². The number of pyridine rings is 1. The number of nitrogen functional groups attached to an aromatic ring is 1. The first-order valence-corrected chi connectivity index (χ1v) is 12.9. The van der Waals surface area contributed by atoms with Crippen LogP contribution in [0.1, 0.15) is 24.4 Å². The summed E-state index contributed by atoms with van der Waals surface area (Å²) < 4.78 is 2.14. The molecule has 0 bridgehead atoms. The van der Waals surface area contributed by atoms with Gasteiger partial charge in [0, 0.05) is 31.2 Å². The van der Waals surface area contributed by atoms with Gasteiger partial charge in [0.1, 0.15) is 17.0 Å². The molecule has 1 aliphatic heterocycles. The molecule has 0 radical (unpaired) electrons. The zero-order valence-electron chi connectivity index (χ0n) is 20.6. The Hall–Kier alpha value is -4.32. The third-order valence-corrected chi connectivity index (χ3v) is 7.41. The molecule has 5 aromatic rings. The normalized spacial score (nSPS) is 14.5. The maximum atomic E-state index is 7.45. The number of aromatic nitrogens is 5. The Labute approximate surface area is 225 Å². The van der Waals surface area contributed by atoms with Crippen molar-refractivity contribution in [2.24, 2.45) is 0 Å². The van der Waals surface area contributed by atoms with Gasteiger partial charge in [0.15, 0.2) is 11.5 Å². The molecule has 2 aromatic carbocycles. The van der Waals surface area contributed by atoms with Crippen molar-refractivity contribution in [1.29, 1.82) is 0 Å². The van der Waals surface area contributed by atoms with Gasteiger partial charge in [0.25, 0.3) is 0 Å². The predicted octanol–water partition coefficient (Wildman–Crippen LogP) is 6.18. The number of likely N-dealkylation sites (tertiary alicyclic amines) is 1. The van der Waals surface area contributed by atoms with Crippen LogP contribution in [0, 0.1) is 6.57 Å². The Balaban J connectivity index is 1.17. The van der Waals surface area contributed by atoms with Gasteiger partial charge in [-0.2, -0.15) is 0 Å². The second-order valence-electron chi connectivity index (χ2n) is 9.46. The lowest BCUT2D eigenvalue weighted by molar-refractivity contribution is 0.181. The maximum absolute atomic E-state index is 7.45. The predicted molar refractivity (Wildman–Crippen MR) is 150 cm³/mol. The van der Waals surface area contributed by atoms with Crippen molar-refractivity contribution < 1.29 is 0 Å². The van der Waals surface area contributed by atoms with Crippen LogP contribution in [0.2, 0.25) is 5.15 Å². The molecule has 0 atom stereocenters. The van der Waals surface area contributed by atoms with Crippen molar-refractivity contribution in [3.8, 4) is 22.4 Å². The van der Waals surface area contributed by atoms with Gasteiger partial charge in [0.05, 0.1) is 18.6 Å². The summed E-state index contributed by atoms with van der Waals surface area (Å²) in [7, 11) is 0. The van der Waals surface area contributed by atoms with E-state index in [2.05, 4.69) is 58.5 Å². The van der Waals surface area contributed by atoms with E-state index in [9.17, 15) is 0 Å². The molecule has 3 aromatic heterocycles. The zero-order chi connectivity index (χ0) is 26.1. The molecule has 6 rings (SSSR count). The smallest absolute Gasteiger partial charge is 0.224 e. The molecule has 2 N–H and O–H groups in total. The average Bonchev–Trinajstić information content (AvgIpc) is 3.40. The molecule has 1 saturated heterocycles. The molecule has 0 spiro atoms. The van der Waals surface area contributed by atoms with Crippen molar-refractivity contribution >= 4 is 34.3 Å². The summed E-state index contributed by atoms with van der Waals surface area (Å²) in [6.45, 7) is 10.3. The summed E-state index contributed by atoms with van der Waals surface area (Å²) in [5.41, 5.74) is 12.7. The second kappa shape index (κ2) is 10.2. The highest BCUT2D eigenvalue weighted by molar-refractivity contribution is 6.32. The number of nitrogens with two attached hydrogens (primary N) is 1. The minimum atomic E-state index is 0.224. The molecule has 8 nitrogen and oxygen atoms in total. The highest BCUT2D eigenvalue weighted by atomic mass is 35.5. The fourth-order valence-corrected chi connectivity index (χ4v) is 5.32. The minimum Gasteiger partial charge on any atom is -0.382 e. The number of rotatable bonds is 5. The molecule has 4 heterocycles. The highest BCUT2D eigenvalue weighted by Gasteiger charge is 2.23. The van der Waals surface area contributed by atoms with Crippen molar-refractivity contribution in [3.63, 3.8) is 0 Å². The van der Waals surface area contributed by atoms with Crippen LogP contribution in [0.5, 0.6) is 0 Å². The van der Waals surface area contributed by atoms with Gasteiger partial charge in [-0.3, -0.25) is 4.90 Å². The molecule has 9 heteroatoms. The summed E-state index contributed by atoms with van der Waals surface area (Å²) in [5.74, 6) is 0.422. The van der Waals surface area contributed by atoms with Gasteiger partial charge < -0.3 is 10.3 Å². The van der Waals surface area contributed by atoms with E-state index >= 15 is 0 Å². The fourth-order valence-electron chi connectivity index (χ4n) is 5.14. The van der Waals surface area contributed by atoms with Crippen molar-refractivity contribution in [2.45, 2.75) is 25.4 Å². The number of hydrogen-bond donors (Lipinski definition) is 1. The summed E-state index contributed by atoms with van der Waals surface area (Å²) >= 11 is 6.34. The van der Waals surface area contributed by atoms with Crippen molar-refractivity contribution in [2.75, 3.05) is 18.8 Å². The zero-order valence-corrected chi connectivity index (χ0v) is 21.4. The lowest BCUT2D eigenvalue weighted by Crippen LogP contribution is -2.34. The maximum Gasteiger partial charge on any atom is 0.224 e. The molecule has 1 aliphatic rings.